The van der Waals surface area contributed by atoms with Gasteiger partial charge in [0.05, 0.1) is 16.2 Å². The van der Waals surface area contributed by atoms with Crippen molar-refractivity contribution in [1.29, 1.82) is 5.26 Å². The lowest BCUT2D eigenvalue weighted by Gasteiger charge is -2.40. The summed E-state index contributed by atoms with van der Waals surface area (Å²) in [4.78, 5) is 13.1. The first-order valence-electron chi connectivity index (χ1n) is 8.97. The number of carbonyl (C=O) groups excluding carboxylic acids is 1. The second-order valence-electron chi connectivity index (χ2n) is 8.01. The Morgan fingerprint density at radius 1 is 1.04 bits per heavy atom. The molecule has 144 valence electrons. The third kappa shape index (κ3) is 3.32. The van der Waals surface area contributed by atoms with Crippen molar-refractivity contribution in [3.63, 3.8) is 0 Å². The second kappa shape index (κ2) is 6.77. The number of carbonyl (C=O) groups is 1. The van der Waals surface area contributed by atoms with Gasteiger partial charge in [-0.1, -0.05) is 29.8 Å². The molecule has 1 aliphatic rings. The maximum absolute atomic E-state index is 13.1. The van der Waals surface area contributed by atoms with Crippen LogP contribution in [0.25, 0.3) is 16.7 Å². The molecule has 1 aliphatic heterocycles. The number of halogens is 1. The van der Waals surface area contributed by atoms with E-state index in [0.29, 0.717) is 16.1 Å². The predicted octanol–water partition coefficient (Wildman–Crippen LogP) is 5.61. The Hall–Kier alpha value is -2.61. The molecule has 28 heavy (non-hydrogen) atoms. The first-order valence-corrected chi connectivity index (χ1v) is 9.35. The van der Waals surface area contributed by atoms with Gasteiger partial charge in [0.25, 0.3) is 0 Å². The lowest BCUT2D eigenvalue weighted by Crippen LogP contribution is -2.49. The molecule has 4 nitrogen and oxygen atoms in total. The van der Waals surface area contributed by atoms with Crippen molar-refractivity contribution in [1.82, 2.24) is 0 Å². The van der Waals surface area contributed by atoms with Crippen LogP contribution in [0.3, 0.4) is 0 Å². The van der Waals surface area contributed by atoms with Gasteiger partial charge in [0.15, 0.2) is 5.78 Å². The molecule has 2 aromatic carbocycles. The highest BCUT2D eigenvalue weighted by molar-refractivity contribution is 6.31. The fourth-order valence-corrected chi connectivity index (χ4v) is 3.71. The van der Waals surface area contributed by atoms with Crippen molar-refractivity contribution in [2.45, 2.75) is 45.8 Å². The first-order chi connectivity index (χ1) is 13.0. The van der Waals surface area contributed by atoms with Crippen LogP contribution in [0.1, 0.15) is 44.4 Å². The molecule has 0 unspecified atom stereocenters. The fraction of sp³-hybridized carbons (Fsp3) is 0.304. The summed E-state index contributed by atoms with van der Waals surface area (Å²) in [6.07, 6.45) is 0. The molecule has 1 heterocycles. The molecule has 0 amide bonds. The van der Waals surface area contributed by atoms with Gasteiger partial charge >= 0.3 is 0 Å². The highest BCUT2D eigenvalue weighted by atomic mass is 35.5. The number of ketones is 1. The Morgan fingerprint density at radius 3 is 2.29 bits per heavy atom. The number of nitrogens with zero attached hydrogens (tertiary/aromatic N) is 1. The highest BCUT2D eigenvalue weighted by Crippen LogP contribution is 2.41. The van der Waals surface area contributed by atoms with Crippen LogP contribution in [-0.2, 0) is 9.53 Å². The predicted molar refractivity (Wildman–Crippen MR) is 110 cm³/mol. The zero-order valence-electron chi connectivity index (χ0n) is 16.6. The summed E-state index contributed by atoms with van der Waals surface area (Å²) >= 11 is 6.04. The molecule has 2 aromatic rings. The summed E-state index contributed by atoms with van der Waals surface area (Å²) in [5.41, 5.74) is 1.76. The van der Waals surface area contributed by atoms with Crippen molar-refractivity contribution in [3.05, 3.63) is 63.9 Å². The topological polar surface area (TPSA) is 70.3 Å². The number of nitriles is 1. The zero-order valence-corrected chi connectivity index (χ0v) is 17.3. The Labute approximate surface area is 170 Å². The monoisotopic (exact) mass is 395 g/mol. The molecule has 0 atom stereocenters. The number of hydrogen-bond acceptors (Lipinski definition) is 4. The average molecular weight is 396 g/mol. The third-order valence-corrected chi connectivity index (χ3v) is 5.35. The van der Waals surface area contributed by atoms with Crippen LogP contribution in [0, 0.1) is 18.3 Å². The lowest BCUT2D eigenvalue weighted by atomic mass is 9.81. The van der Waals surface area contributed by atoms with E-state index >= 15 is 0 Å². The van der Waals surface area contributed by atoms with Crippen molar-refractivity contribution in [2.24, 2.45) is 0 Å². The SMILES string of the molecule is Cc1ccc(-c2ccc(Cl)c(C#N)c2)cc1C1=C(O)C(C)(C)OC(C)(C)C1=O. The van der Waals surface area contributed by atoms with E-state index in [0.717, 1.165) is 16.7 Å². The zero-order chi connectivity index (χ0) is 20.9. The summed E-state index contributed by atoms with van der Waals surface area (Å²) in [5.74, 6) is -0.343. The maximum Gasteiger partial charge on any atom is 0.198 e. The van der Waals surface area contributed by atoms with E-state index in [9.17, 15) is 15.2 Å². The van der Waals surface area contributed by atoms with Crippen molar-refractivity contribution in [2.75, 3.05) is 0 Å². The van der Waals surface area contributed by atoms with Crippen LogP contribution < -0.4 is 0 Å². The van der Waals surface area contributed by atoms with Crippen LogP contribution >= 0.6 is 11.6 Å². The molecule has 0 radical (unpaired) electrons. The molecule has 0 bridgehead atoms. The van der Waals surface area contributed by atoms with Gasteiger partial charge in [-0.15, -0.1) is 0 Å². The molecule has 3 rings (SSSR count). The second-order valence-corrected chi connectivity index (χ2v) is 8.42. The summed E-state index contributed by atoms with van der Waals surface area (Å²) in [7, 11) is 0. The number of aliphatic hydroxyl groups excluding tert-OH is 1. The van der Waals surface area contributed by atoms with Crippen molar-refractivity contribution >= 4 is 23.0 Å². The van der Waals surface area contributed by atoms with E-state index in [1.165, 1.54) is 0 Å². The van der Waals surface area contributed by atoms with Crippen LogP contribution in [0.2, 0.25) is 5.02 Å². The van der Waals surface area contributed by atoms with Gasteiger partial charge in [0, 0.05) is 0 Å². The molecule has 0 saturated carbocycles. The Morgan fingerprint density at radius 2 is 1.64 bits per heavy atom. The van der Waals surface area contributed by atoms with Crippen LogP contribution in [0.5, 0.6) is 0 Å². The summed E-state index contributed by atoms with van der Waals surface area (Å²) in [6, 6.07) is 13.0. The van der Waals surface area contributed by atoms with E-state index in [1.807, 2.05) is 31.2 Å². The maximum atomic E-state index is 13.1. The number of aryl methyl sites for hydroxylation is 1. The van der Waals surface area contributed by atoms with Crippen molar-refractivity contribution in [3.8, 4) is 17.2 Å². The minimum Gasteiger partial charge on any atom is -0.508 e. The molecule has 0 saturated heterocycles. The Kier molecular flexibility index (Phi) is 4.87. The lowest BCUT2D eigenvalue weighted by molar-refractivity contribution is -0.158. The number of ether oxygens (including phenoxy) is 1. The molecule has 0 fully saturated rings. The summed E-state index contributed by atoms with van der Waals surface area (Å²) in [5, 5.41) is 20.5. The van der Waals surface area contributed by atoms with Crippen LogP contribution in [-0.4, -0.2) is 22.1 Å². The molecular formula is C23H22ClNO3. The van der Waals surface area contributed by atoms with Gasteiger partial charge in [-0.2, -0.15) is 5.26 Å². The van der Waals surface area contributed by atoms with Crippen molar-refractivity contribution < 1.29 is 14.6 Å². The molecule has 1 N–H and O–H groups in total. The smallest absolute Gasteiger partial charge is 0.198 e. The number of aliphatic hydroxyl groups is 1. The van der Waals surface area contributed by atoms with Gasteiger partial charge < -0.3 is 9.84 Å². The third-order valence-electron chi connectivity index (χ3n) is 5.02. The largest absolute Gasteiger partial charge is 0.508 e. The Balaban J connectivity index is 2.22. The standard InChI is InChI=1S/C23H22ClNO3/c1-13-6-7-15(14-8-9-18(24)16(10-14)12-25)11-17(13)19-20(26)22(2,3)28-23(4,5)21(19)27/h6-11,26H,1-5H3. The van der Waals surface area contributed by atoms with E-state index in [1.54, 1.807) is 39.8 Å². The molecule has 0 aliphatic carbocycles. The Bertz CT molecular complexity index is 1060. The van der Waals surface area contributed by atoms with Crippen LogP contribution in [0.4, 0.5) is 0 Å². The number of Topliss-reactive ketones (excluding diaryl/α,β-unsaturated/α-hetero) is 1. The van der Waals surface area contributed by atoms with E-state index in [4.69, 9.17) is 16.3 Å². The molecule has 0 spiro atoms. The number of rotatable bonds is 2. The van der Waals surface area contributed by atoms with E-state index < -0.39 is 11.2 Å². The van der Waals surface area contributed by atoms with Gasteiger partial charge in [-0.25, -0.2) is 0 Å². The number of benzene rings is 2. The molecular weight excluding hydrogens is 374 g/mol. The van der Waals surface area contributed by atoms with Gasteiger partial charge in [0.2, 0.25) is 0 Å². The summed E-state index contributed by atoms with van der Waals surface area (Å²) < 4.78 is 5.83. The first kappa shape index (κ1) is 20.1. The molecule has 5 heteroatoms. The highest BCUT2D eigenvalue weighted by Gasteiger charge is 2.47. The van der Waals surface area contributed by atoms with Crippen LogP contribution in [0.15, 0.2) is 42.2 Å². The minimum atomic E-state index is -1.05. The average Bonchev–Trinajstić information content (AvgIpc) is 2.62. The van der Waals surface area contributed by atoms with Gasteiger partial charge in [0.1, 0.15) is 23.0 Å². The minimum absolute atomic E-state index is 0.0779. The van der Waals surface area contributed by atoms with Gasteiger partial charge in [-0.05, 0) is 75.1 Å². The normalized spacial score (nSPS) is 18.1. The summed E-state index contributed by atoms with van der Waals surface area (Å²) in [6.45, 7) is 8.80. The number of hydrogen-bond donors (Lipinski definition) is 1. The van der Waals surface area contributed by atoms with Gasteiger partial charge in [-0.3, -0.25) is 4.79 Å². The van der Waals surface area contributed by atoms with E-state index in [-0.39, 0.29) is 17.1 Å². The fourth-order valence-electron chi connectivity index (χ4n) is 3.55. The molecule has 0 aromatic heterocycles. The van der Waals surface area contributed by atoms with E-state index in [2.05, 4.69) is 6.07 Å². The quantitative estimate of drug-likeness (QED) is 0.717.